The second-order valence-corrected chi connectivity index (χ2v) is 3.23. The van der Waals surface area contributed by atoms with Crippen LogP contribution in [-0.2, 0) is 4.79 Å². The Bertz CT molecular complexity index is 429. The van der Waals surface area contributed by atoms with Crippen LogP contribution in [-0.4, -0.2) is 33.2 Å². The number of aromatic hydroxyl groups is 2. The van der Waals surface area contributed by atoms with Gasteiger partial charge >= 0.3 is 5.97 Å². The van der Waals surface area contributed by atoms with Gasteiger partial charge in [-0.1, -0.05) is 0 Å². The van der Waals surface area contributed by atoms with Gasteiger partial charge in [-0.2, -0.15) is 0 Å². The minimum Gasteiger partial charge on any atom is -0.508 e. The maximum absolute atomic E-state index is 11.5. The van der Waals surface area contributed by atoms with Gasteiger partial charge in [0.2, 0.25) is 0 Å². The summed E-state index contributed by atoms with van der Waals surface area (Å²) in [7, 11) is 0. The quantitative estimate of drug-likeness (QED) is 0.553. The van der Waals surface area contributed by atoms with Crippen molar-refractivity contribution in [2.24, 2.45) is 0 Å². The number of phenolic OH excluding ortho intramolecular Hbond substituents is 2. The van der Waals surface area contributed by atoms with E-state index in [0.717, 1.165) is 12.1 Å². The summed E-state index contributed by atoms with van der Waals surface area (Å²) in [6.07, 6.45) is 0. The normalized spacial score (nSPS) is 11.8. The molecule has 86 valence electrons. The topological polar surface area (TPSA) is 107 Å². The maximum atomic E-state index is 11.5. The Labute approximate surface area is 91.1 Å². The molecule has 0 aliphatic carbocycles. The summed E-state index contributed by atoms with van der Waals surface area (Å²) in [5.74, 6) is -2.46. The lowest BCUT2D eigenvalue weighted by atomic mass is 10.1. The van der Waals surface area contributed by atoms with E-state index in [9.17, 15) is 14.7 Å². The van der Waals surface area contributed by atoms with E-state index >= 15 is 0 Å². The Morgan fingerprint density at radius 1 is 1.31 bits per heavy atom. The first-order valence-corrected chi connectivity index (χ1v) is 4.47. The molecule has 0 saturated carbocycles. The highest BCUT2D eigenvalue weighted by Crippen LogP contribution is 2.21. The summed E-state index contributed by atoms with van der Waals surface area (Å²) in [5, 5.41) is 29.2. The first-order valence-electron chi connectivity index (χ1n) is 4.47. The fourth-order valence-corrected chi connectivity index (χ4v) is 1.04. The lowest BCUT2D eigenvalue weighted by Gasteiger charge is -2.10. The molecule has 16 heavy (non-hydrogen) atoms. The van der Waals surface area contributed by atoms with Crippen LogP contribution in [0, 0.1) is 0 Å². The standard InChI is InChI=1S/C10H11NO5/c1-5(10(15)16)11-9(14)7-4-6(12)2-3-8(7)13/h2-5,12-13H,1H3,(H,11,14)(H,15,16)/t5-/m0/s1. The van der Waals surface area contributed by atoms with Gasteiger partial charge in [-0.25, -0.2) is 0 Å². The van der Waals surface area contributed by atoms with Crippen LogP contribution in [0.5, 0.6) is 11.5 Å². The summed E-state index contributed by atoms with van der Waals surface area (Å²) >= 11 is 0. The van der Waals surface area contributed by atoms with Crippen molar-refractivity contribution >= 4 is 11.9 Å². The minimum absolute atomic E-state index is 0.173. The number of phenols is 2. The Morgan fingerprint density at radius 2 is 1.94 bits per heavy atom. The summed E-state index contributed by atoms with van der Waals surface area (Å²) < 4.78 is 0. The number of hydrogen-bond donors (Lipinski definition) is 4. The van der Waals surface area contributed by atoms with Crippen LogP contribution in [0.25, 0.3) is 0 Å². The highest BCUT2D eigenvalue weighted by Gasteiger charge is 2.17. The van der Waals surface area contributed by atoms with E-state index in [1.54, 1.807) is 0 Å². The molecule has 1 atom stereocenters. The zero-order chi connectivity index (χ0) is 12.3. The van der Waals surface area contributed by atoms with Gasteiger partial charge in [0.05, 0.1) is 5.56 Å². The van der Waals surface area contributed by atoms with Crippen molar-refractivity contribution in [3.63, 3.8) is 0 Å². The number of rotatable bonds is 3. The van der Waals surface area contributed by atoms with Crippen molar-refractivity contribution in [1.82, 2.24) is 5.32 Å². The number of benzene rings is 1. The molecule has 0 radical (unpaired) electrons. The third-order valence-corrected chi connectivity index (χ3v) is 1.94. The number of carbonyl (C=O) groups is 2. The number of carboxylic acid groups (broad SMARTS) is 1. The molecular weight excluding hydrogens is 214 g/mol. The van der Waals surface area contributed by atoms with Crippen LogP contribution in [0.1, 0.15) is 17.3 Å². The first kappa shape index (κ1) is 11.8. The predicted octanol–water partition coefficient (Wildman–Crippen LogP) is 0.301. The molecule has 0 aliphatic heterocycles. The number of amides is 1. The average molecular weight is 225 g/mol. The molecule has 4 N–H and O–H groups in total. The Balaban J connectivity index is 2.88. The van der Waals surface area contributed by atoms with Crippen molar-refractivity contribution in [3.05, 3.63) is 23.8 Å². The van der Waals surface area contributed by atoms with Gasteiger partial charge in [-0.3, -0.25) is 9.59 Å². The highest BCUT2D eigenvalue weighted by molar-refractivity contribution is 5.99. The first-order chi connectivity index (χ1) is 7.41. The van der Waals surface area contributed by atoms with Crippen molar-refractivity contribution in [2.75, 3.05) is 0 Å². The van der Waals surface area contributed by atoms with Crippen LogP contribution < -0.4 is 5.32 Å². The number of carbonyl (C=O) groups excluding carboxylic acids is 1. The smallest absolute Gasteiger partial charge is 0.325 e. The molecule has 0 aromatic heterocycles. The summed E-state index contributed by atoms with van der Waals surface area (Å²) in [6.45, 7) is 1.29. The van der Waals surface area contributed by atoms with Crippen molar-refractivity contribution < 1.29 is 24.9 Å². The number of nitrogens with one attached hydrogen (secondary N) is 1. The van der Waals surface area contributed by atoms with Gasteiger partial charge in [0.1, 0.15) is 17.5 Å². The summed E-state index contributed by atoms with van der Waals surface area (Å²) in [4.78, 5) is 22.0. The SMILES string of the molecule is C[C@H](NC(=O)c1cc(O)ccc1O)C(=O)O. The number of carboxylic acids is 1. The third-order valence-electron chi connectivity index (χ3n) is 1.94. The van der Waals surface area contributed by atoms with E-state index < -0.39 is 17.9 Å². The molecule has 6 nitrogen and oxygen atoms in total. The van der Waals surface area contributed by atoms with Gasteiger partial charge in [-0.05, 0) is 25.1 Å². The van der Waals surface area contributed by atoms with Gasteiger partial charge in [-0.15, -0.1) is 0 Å². The van der Waals surface area contributed by atoms with Crippen molar-refractivity contribution in [2.45, 2.75) is 13.0 Å². The average Bonchev–Trinajstić information content (AvgIpc) is 2.21. The maximum Gasteiger partial charge on any atom is 0.325 e. The van der Waals surface area contributed by atoms with Gasteiger partial charge in [0, 0.05) is 0 Å². The summed E-state index contributed by atoms with van der Waals surface area (Å²) in [6, 6.07) is 2.34. The van der Waals surface area contributed by atoms with E-state index in [1.807, 2.05) is 0 Å². The highest BCUT2D eigenvalue weighted by atomic mass is 16.4. The molecule has 6 heteroatoms. The van der Waals surface area contributed by atoms with E-state index in [2.05, 4.69) is 5.32 Å². The van der Waals surface area contributed by atoms with Crippen LogP contribution in [0.2, 0.25) is 0 Å². The fraction of sp³-hybridized carbons (Fsp3) is 0.200. The van der Waals surface area contributed by atoms with Crippen molar-refractivity contribution in [3.8, 4) is 11.5 Å². The molecule has 1 rings (SSSR count). The lowest BCUT2D eigenvalue weighted by molar-refractivity contribution is -0.138. The van der Waals surface area contributed by atoms with E-state index in [4.69, 9.17) is 10.2 Å². The molecule has 0 unspecified atom stereocenters. The second kappa shape index (κ2) is 4.52. The van der Waals surface area contributed by atoms with Crippen LogP contribution in [0.15, 0.2) is 18.2 Å². The van der Waals surface area contributed by atoms with Crippen LogP contribution in [0.4, 0.5) is 0 Å². The predicted molar refractivity (Wildman–Crippen MR) is 54.3 cm³/mol. The van der Waals surface area contributed by atoms with Gasteiger partial charge in [0.25, 0.3) is 5.91 Å². The Hall–Kier alpha value is -2.24. The number of aliphatic carboxylic acids is 1. The van der Waals surface area contributed by atoms with E-state index in [1.165, 1.54) is 13.0 Å². The van der Waals surface area contributed by atoms with Gasteiger partial charge in [0.15, 0.2) is 0 Å². The zero-order valence-electron chi connectivity index (χ0n) is 8.47. The molecule has 0 heterocycles. The zero-order valence-corrected chi connectivity index (χ0v) is 8.47. The largest absolute Gasteiger partial charge is 0.508 e. The Morgan fingerprint density at radius 3 is 2.50 bits per heavy atom. The third kappa shape index (κ3) is 2.63. The fourth-order valence-electron chi connectivity index (χ4n) is 1.04. The molecular formula is C10H11NO5. The monoisotopic (exact) mass is 225 g/mol. The van der Waals surface area contributed by atoms with Gasteiger partial charge < -0.3 is 20.6 Å². The summed E-state index contributed by atoms with van der Waals surface area (Å²) in [5.41, 5.74) is -0.173. The van der Waals surface area contributed by atoms with Crippen molar-refractivity contribution in [1.29, 1.82) is 0 Å². The minimum atomic E-state index is -1.19. The van der Waals surface area contributed by atoms with Crippen LogP contribution in [0.3, 0.4) is 0 Å². The number of hydrogen-bond acceptors (Lipinski definition) is 4. The molecule has 1 amide bonds. The van der Waals surface area contributed by atoms with E-state index in [0.29, 0.717) is 0 Å². The molecule has 1 aromatic rings. The molecule has 0 aliphatic rings. The van der Waals surface area contributed by atoms with E-state index in [-0.39, 0.29) is 17.1 Å². The van der Waals surface area contributed by atoms with Crippen LogP contribution >= 0.6 is 0 Å². The molecule has 1 aromatic carbocycles. The lowest BCUT2D eigenvalue weighted by Crippen LogP contribution is -2.38. The molecule has 0 saturated heterocycles. The Kier molecular flexibility index (Phi) is 3.34. The second-order valence-electron chi connectivity index (χ2n) is 3.23. The molecule has 0 fully saturated rings. The molecule has 0 bridgehead atoms. The molecule has 0 spiro atoms.